The summed E-state index contributed by atoms with van der Waals surface area (Å²) in [4.78, 5) is 42.2. The smallest absolute Gasteiger partial charge is 0.309 e. The number of piperidine rings is 1. The molecule has 2 aromatic rings. The monoisotopic (exact) mass is 590 g/mol. The summed E-state index contributed by atoms with van der Waals surface area (Å²) >= 11 is 6.25. The number of carbonyl (C=O) groups is 3. The standard InChI is InChI=1S/C28H35ClN4O6S/c1-16-14-23(17(2)13-20(16)29)40(37,38)33-22-8-6-5-7-21(22)31-27(35)25(33)24(26(30)34)19(28(36)39-4)15-18-9-11-32(3)12-10-18/h5-8,13-14,18-19,24-25H,9-12,15H2,1-4H3,(H2,30,34)(H,31,35)/t19-,24?,25-/m1/s1. The normalized spacial score (nSPS) is 19.9. The van der Waals surface area contributed by atoms with E-state index in [-0.39, 0.29) is 28.6 Å². The number of fused-ring (bicyclic) bond motifs is 1. The molecule has 3 atom stereocenters. The summed E-state index contributed by atoms with van der Waals surface area (Å²) in [5.74, 6) is -5.01. The molecular weight excluding hydrogens is 556 g/mol. The predicted octanol–water partition coefficient (Wildman–Crippen LogP) is 3.10. The number of anilines is 2. The quantitative estimate of drug-likeness (QED) is 0.450. The molecule has 2 aromatic carbocycles. The Labute approximate surface area is 239 Å². The molecule has 2 amide bonds. The maximum Gasteiger partial charge on any atom is 0.309 e. The average Bonchev–Trinajstić information content (AvgIpc) is 2.90. The minimum absolute atomic E-state index is 0.0623. The summed E-state index contributed by atoms with van der Waals surface area (Å²) in [5, 5.41) is 3.11. The number of ether oxygens (including phenoxy) is 1. The number of hydrogen-bond donors (Lipinski definition) is 2. The van der Waals surface area contributed by atoms with E-state index < -0.39 is 45.7 Å². The van der Waals surface area contributed by atoms with Crippen LogP contribution < -0.4 is 15.4 Å². The van der Waals surface area contributed by atoms with Gasteiger partial charge in [0.25, 0.3) is 10.0 Å². The number of nitrogens with two attached hydrogens (primary N) is 1. The Kier molecular flexibility index (Phi) is 8.77. The van der Waals surface area contributed by atoms with Crippen molar-refractivity contribution < 1.29 is 27.5 Å². The van der Waals surface area contributed by atoms with Crippen LogP contribution in [0.5, 0.6) is 0 Å². The number of nitrogens with zero attached hydrogens (tertiary/aromatic N) is 2. The number of primary amides is 1. The first-order valence-electron chi connectivity index (χ1n) is 13.1. The third-order valence-electron chi connectivity index (χ3n) is 7.95. The first kappa shape index (κ1) is 29.8. The van der Waals surface area contributed by atoms with Crippen LogP contribution >= 0.6 is 11.6 Å². The minimum atomic E-state index is -4.47. The van der Waals surface area contributed by atoms with E-state index in [9.17, 15) is 22.8 Å². The van der Waals surface area contributed by atoms with Crippen molar-refractivity contribution in [1.29, 1.82) is 0 Å². The highest BCUT2D eigenvalue weighted by Crippen LogP contribution is 2.42. The Balaban J connectivity index is 1.89. The number of likely N-dealkylation sites (tertiary alicyclic amines) is 1. The number of methoxy groups -OCH3 is 1. The van der Waals surface area contributed by atoms with Crippen LogP contribution in [0.25, 0.3) is 0 Å². The van der Waals surface area contributed by atoms with E-state index in [1.165, 1.54) is 19.2 Å². The van der Waals surface area contributed by atoms with Gasteiger partial charge in [-0.15, -0.1) is 0 Å². The number of rotatable bonds is 8. The lowest BCUT2D eigenvalue weighted by atomic mass is 9.76. The molecule has 0 aromatic heterocycles. The predicted molar refractivity (Wildman–Crippen MR) is 152 cm³/mol. The van der Waals surface area contributed by atoms with Gasteiger partial charge in [0.2, 0.25) is 11.8 Å². The third-order valence-corrected chi connectivity index (χ3v) is 10.3. The van der Waals surface area contributed by atoms with Crippen LogP contribution in [0.4, 0.5) is 11.4 Å². The number of hydrogen-bond acceptors (Lipinski definition) is 7. The SMILES string of the molecule is COC(=O)[C@H](CC1CCN(C)CC1)C(C(N)=O)[C@@H]1C(=O)Nc2ccccc2N1S(=O)(=O)c1cc(C)c(Cl)cc1C. The number of aryl methyl sites for hydroxylation is 2. The van der Waals surface area contributed by atoms with Crippen LogP contribution in [0, 0.1) is 31.6 Å². The maximum atomic E-state index is 14.4. The molecular formula is C28H35ClN4O6S. The van der Waals surface area contributed by atoms with Gasteiger partial charge in [-0.05, 0) is 94.6 Å². The number of sulfonamides is 1. The Bertz CT molecular complexity index is 1420. The maximum absolute atomic E-state index is 14.4. The van der Waals surface area contributed by atoms with E-state index in [1.54, 1.807) is 38.1 Å². The summed E-state index contributed by atoms with van der Waals surface area (Å²) < 4.78 is 34.9. The lowest BCUT2D eigenvalue weighted by Crippen LogP contribution is -2.60. The molecule has 1 unspecified atom stereocenters. The summed E-state index contributed by atoms with van der Waals surface area (Å²) in [7, 11) is -1.26. The zero-order valence-corrected chi connectivity index (χ0v) is 24.6. The molecule has 1 saturated heterocycles. The minimum Gasteiger partial charge on any atom is -0.469 e. The Morgan fingerprint density at radius 1 is 1.15 bits per heavy atom. The van der Waals surface area contributed by atoms with Crippen molar-refractivity contribution in [2.24, 2.45) is 23.5 Å². The van der Waals surface area contributed by atoms with Gasteiger partial charge in [0, 0.05) is 5.02 Å². The van der Waals surface area contributed by atoms with Gasteiger partial charge in [0.05, 0.1) is 35.2 Å². The highest BCUT2D eigenvalue weighted by molar-refractivity contribution is 7.93. The van der Waals surface area contributed by atoms with Gasteiger partial charge in [0.15, 0.2) is 0 Å². The highest BCUT2D eigenvalue weighted by Gasteiger charge is 2.52. The van der Waals surface area contributed by atoms with Crippen LogP contribution in [-0.4, -0.2) is 64.4 Å². The van der Waals surface area contributed by atoms with Gasteiger partial charge in [-0.1, -0.05) is 23.7 Å². The number of benzene rings is 2. The van der Waals surface area contributed by atoms with Gasteiger partial charge in [0.1, 0.15) is 6.04 Å². The summed E-state index contributed by atoms with van der Waals surface area (Å²) in [6, 6.07) is 7.74. The van der Waals surface area contributed by atoms with Crippen molar-refractivity contribution in [3.05, 3.63) is 52.5 Å². The summed E-state index contributed by atoms with van der Waals surface area (Å²) in [6.07, 6.45) is 1.79. The summed E-state index contributed by atoms with van der Waals surface area (Å²) in [6.45, 7) is 4.90. The van der Waals surface area contributed by atoms with Gasteiger partial charge < -0.3 is 20.7 Å². The number of para-hydroxylation sites is 2. The third kappa shape index (κ3) is 5.68. The number of esters is 1. The molecule has 12 heteroatoms. The Morgan fingerprint density at radius 3 is 2.42 bits per heavy atom. The first-order chi connectivity index (χ1) is 18.9. The van der Waals surface area contributed by atoms with Crippen molar-refractivity contribution >= 4 is 50.8 Å². The molecule has 40 heavy (non-hydrogen) atoms. The second kappa shape index (κ2) is 11.8. The Hall–Kier alpha value is -3.15. The molecule has 0 aliphatic carbocycles. The fourth-order valence-corrected chi connectivity index (χ4v) is 7.90. The topological polar surface area (TPSA) is 139 Å². The molecule has 1 fully saturated rings. The fraction of sp³-hybridized carbons (Fsp3) is 0.464. The van der Waals surface area contributed by atoms with Crippen molar-refractivity contribution in [3.63, 3.8) is 0 Å². The molecule has 0 radical (unpaired) electrons. The van der Waals surface area contributed by atoms with E-state index in [0.29, 0.717) is 16.1 Å². The van der Waals surface area contributed by atoms with Crippen LogP contribution in [0.15, 0.2) is 41.3 Å². The summed E-state index contributed by atoms with van der Waals surface area (Å²) in [5.41, 5.74) is 7.22. The molecule has 2 aliphatic heterocycles. The van der Waals surface area contributed by atoms with Crippen molar-refractivity contribution in [1.82, 2.24) is 4.90 Å². The highest BCUT2D eigenvalue weighted by atomic mass is 35.5. The van der Waals surface area contributed by atoms with Crippen LogP contribution in [-0.2, 0) is 29.1 Å². The molecule has 10 nitrogen and oxygen atoms in total. The van der Waals surface area contributed by atoms with Crippen molar-refractivity contribution in [2.75, 3.05) is 36.9 Å². The number of amides is 2. The second-order valence-corrected chi connectivity index (χ2v) is 12.8. The molecule has 2 aliphatic rings. The molecule has 4 rings (SSSR count). The van der Waals surface area contributed by atoms with Gasteiger partial charge >= 0.3 is 5.97 Å². The molecule has 0 bridgehead atoms. The Morgan fingerprint density at radius 2 is 1.80 bits per heavy atom. The lowest BCUT2D eigenvalue weighted by Gasteiger charge is -2.42. The van der Waals surface area contributed by atoms with Gasteiger partial charge in [-0.25, -0.2) is 8.42 Å². The van der Waals surface area contributed by atoms with Gasteiger partial charge in [-0.3, -0.25) is 18.7 Å². The number of carbonyl (C=O) groups excluding carboxylic acids is 3. The van der Waals surface area contributed by atoms with Crippen LogP contribution in [0.3, 0.4) is 0 Å². The lowest BCUT2D eigenvalue weighted by molar-refractivity contribution is -0.152. The van der Waals surface area contributed by atoms with Crippen molar-refractivity contribution in [3.8, 4) is 0 Å². The molecule has 2 heterocycles. The fourth-order valence-electron chi connectivity index (χ4n) is 5.73. The number of nitrogens with one attached hydrogen (secondary N) is 1. The van der Waals surface area contributed by atoms with Crippen LogP contribution in [0.1, 0.15) is 30.4 Å². The zero-order chi connectivity index (χ0) is 29.4. The van der Waals surface area contributed by atoms with E-state index >= 15 is 0 Å². The average molecular weight is 591 g/mol. The van der Waals surface area contributed by atoms with Crippen molar-refractivity contribution in [2.45, 2.75) is 44.0 Å². The van der Waals surface area contributed by atoms with E-state index in [1.807, 2.05) is 7.05 Å². The van der Waals surface area contributed by atoms with Crippen LogP contribution in [0.2, 0.25) is 5.02 Å². The first-order valence-corrected chi connectivity index (χ1v) is 14.9. The van der Waals surface area contributed by atoms with E-state index in [0.717, 1.165) is 30.2 Å². The van der Waals surface area contributed by atoms with E-state index in [2.05, 4.69) is 10.2 Å². The molecule has 0 saturated carbocycles. The van der Waals surface area contributed by atoms with E-state index in [4.69, 9.17) is 22.1 Å². The molecule has 0 spiro atoms. The zero-order valence-electron chi connectivity index (χ0n) is 23.0. The van der Waals surface area contributed by atoms with Gasteiger partial charge in [-0.2, -0.15) is 0 Å². The largest absolute Gasteiger partial charge is 0.469 e. The molecule has 3 N–H and O–H groups in total. The molecule has 216 valence electrons. The number of halogens is 1. The second-order valence-electron chi connectivity index (χ2n) is 10.7.